The number of benzene rings is 1. The van der Waals surface area contributed by atoms with E-state index in [-0.39, 0.29) is 0 Å². The van der Waals surface area contributed by atoms with Gasteiger partial charge in [-0.1, -0.05) is 6.07 Å². The van der Waals surface area contributed by atoms with E-state index in [2.05, 4.69) is 4.84 Å². The van der Waals surface area contributed by atoms with E-state index in [9.17, 15) is 0 Å². The molecule has 0 aliphatic carbocycles. The van der Waals surface area contributed by atoms with Crippen molar-refractivity contribution in [2.75, 3.05) is 6.79 Å². The van der Waals surface area contributed by atoms with Gasteiger partial charge in [0.1, 0.15) is 0 Å². The predicted molar refractivity (Wildman–Crippen MR) is 41.5 cm³/mol. The minimum absolute atomic E-state index is 0.294. The summed E-state index contributed by atoms with van der Waals surface area (Å²) in [5.74, 6) is 6.46. The third-order valence-electron chi connectivity index (χ3n) is 1.69. The maximum absolute atomic E-state index is 5.17. The highest BCUT2D eigenvalue weighted by Crippen LogP contribution is 2.32. The van der Waals surface area contributed by atoms with E-state index in [1.54, 1.807) is 0 Å². The van der Waals surface area contributed by atoms with Crippen molar-refractivity contribution in [2.45, 2.75) is 6.61 Å². The lowest BCUT2D eigenvalue weighted by Gasteiger charge is -1.99. The second-order valence-electron chi connectivity index (χ2n) is 2.50. The summed E-state index contributed by atoms with van der Waals surface area (Å²) in [5.41, 5.74) is 0.974. The van der Waals surface area contributed by atoms with Crippen LogP contribution < -0.4 is 15.4 Å². The molecule has 0 amide bonds. The third-order valence-corrected chi connectivity index (χ3v) is 1.69. The van der Waals surface area contributed by atoms with Gasteiger partial charge in [-0.05, 0) is 17.7 Å². The second kappa shape index (κ2) is 3.00. The van der Waals surface area contributed by atoms with E-state index in [1.807, 2.05) is 18.2 Å². The van der Waals surface area contributed by atoms with Gasteiger partial charge in [0.15, 0.2) is 11.5 Å². The molecule has 64 valence electrons. The minimum atomic E-state index is 0.294. The van der Waals surface area contributed by atoms with Crippen molar-refractivity contribution in [3.8, 4) is 11.5 Å². The molecule has 2 N–H and O–H groups in total. The molecule has 0 saturated heterocycles. The van der Waals surface area contributed by atoms with Crippen LogP contribution in [0.25, 0.3) is 0 Å². The van der Waals surface area contributed by atoms with Crippen LogP contribution in [0.5, 0.6) is 11.5 Å². The maximum Gasteiger partial charge on any atom is 0.231 e. The number of fused-ring (bicyclic) bond motifs is 1. The van der Waals surface area contributed by atoms with Crippen LogP contribution in [0.4, 0.5) is 0 Å². The highest BCUT2D eigenvalue weighted by Gasteiger charge is 2.12. The van der Waals surface area contributed by atoms with Gasteiger partial charge in [-0.25, -0.2) is 5.90 Å². The van der Waals surface area contributed by atoms with Crippen LogP contribution in [0.3, 0.4) is 0 Å². The van der Waals surface area contributed by atoms with E-state index < -0.39 is 0 Å². The van der Waals surface area contributed by atoms with Crippen molar-refractivity contribution < 1.29 is 14.3 Å². The summed E-state index contributed by atoms with van der Waals surface area (Å²) in [6, 6.07) is 5.59. The highest BCUT2D eigenvalue weighted by atomic mass is 16.7. The molecule has 1 heterocycles. The normalized spacial score (nSPS) is 13.4. The Morgan fingerprint density at radius 1 is 1.33 bits per heavy atom. The van der Waals surface area contributed by atoms with Crippen LogP contribution in [-0.2, 0) is 11.4 Å². The standard InChI is InChI=1S/C8H9NO3/c9-12-4-6-1-2-7-8(3-6)11-5-10-7/h1-3H,4-5,9H2. The van der Waals surface area contributed by atoms with Crippen molar-refractivity contribution in [3.05, 3.63) is 23.8 Å². The topological polar surface area (TPSA) is 53.7 Å². The van der Waals surface area contributed by atoms with Gasteiger partial charge in [0.2, 0.25) is 6.79 Å². The zero-order valence-electron chi connectivity index (χ0n) is 6.45. The molecule has 1 aliphatic heterocycles. The van der Waals surface area contributed by atoms with Gasteiger partial charge < -0.3 is 9.47 Å². The molecule has 0 saturated carbocycles. The minimum Gasteiger partial charge on any atom is -0.454 e. The van der Waals surface area contributed by atoms with Gasteiger partial charge in [0, 0.05) is 0 Å². The summed E-state index contributed by atoms with van der Waals surface area (Å²) in [6.45, 7) is 0.679. The van der Waals surface area contributed by atoms with Crippen LogP contribution in [0.2, 0.25) is 0 Å². The Morgan fingerprint density at radius 2 is 2.17 bits per heavy atom. The van der Waals surface area contributed by atoms with E-state index in [0.717, 1.165) is 17.1 Å². The summed E-state index contributed by atoms with van der Waals surface area (Å²) in [6.07, 6.45) is 0. The number of hydrogen-bond donors (Lipinski definition) is 1. The first-order chi connectivity index (χ1) is 5.90. The number of ether oxygens (including phenoxy) is 2. The van der Waals surface area contributed by atoms with Crippen LogP contribution in [0.1, 0.15) is 5.56 Å². The molecule has 12 heavy (non-hydrogen) atoms. The lowest BCUT2D eigenvalue weighted by molar-refractivity contribution is 0.124. The third kappa shape index (κ3) is 1.22. The molecule has 0 fully saturated rings. The average Bonchev–Trinajstić information content (AvgIpc) is 2.51. The Bertz CT molecular complexity index is 288. The first kappa shape index (κ1) is 7.39. The summed E-state index contributed by atoms with van der Waals surface area (Å²) < 4.78 is 10.3. The number of nitrogens with two attached hydrogens (primary N) is 1. The van der Waals surface area contributed by atoms with Crippen molar-refractivity contribution >= 4 is 0 Å². The molecule has 0 bridgehead atoms. The van der Waals surface area contributed by atoms with Gasteiger partial charge in [-0.2, -0.15) is 0 Å². The maximum atomic E-state index is 5.17. The van der Waals surface area contributed by atoms with Gasteiger partial charge in [0.05, 0.1) is 6.61 Å². The van der Waals surface area contributed by atoms with Crippen LogP contribution >= 0.6 is 0 Å². The lowest BCUT2D eigenvalue weighted by Crippen LogP contribution is -1.98. The SMILES string of the molecule is NOCc1ccc2c(c1)OCO2. The zero-order chi connectivity index (χ0) is 8.39. The molecule has 2 rings (SSSR count). The molecule has 1 aromatic rings. The molecule has 4 nitrogen and oxygen atoms in total. The zero-order valence-corrected chi connectivity index (χ0v) is 6.45. The van der Waals surface area contributed by atoms with Crippen molar-refractivity contribution in [3.63, 3.8) is 0 Å². The van der Waals surface area contributed by atoms with E-state index in [0.29, 0.717) is 13.4 Å². The molecular weight excluding hydrogens is 158 g/mol. The fourth-order valence-electron chi connectivity index (χ4n) is 1.13. The van der Waals surface area contributed by atoms with Gasteiger partial charge >= 0.3 is 0 Å². The molecule has 0 atom stereocenters. The largest absolute Gasteiger partial charge is 0.454 e. The molecule has 1 aliphatic rings. The molecule has 0 unspecified atom stereocenters. The Morgan fingerprint density at radius 3 is 3.00 bits per heavy atom. The summed E-state index contributed by atoms with van der Waals surface area (Å²) >= 11 is 0. The second-order valence-corrected chi connectivity index (χ2v) is 2.50. The first-order valence-electron chi connectivity index (χ1n) is 3.60. The monoisotopic (exact) mass is 167 g/mol. The first-order valence-corrected chi connectivity index (χ1v) is 3.60. The fourth-order valence-corrected chi connectivity index (χ4v) is 1.13. The Hall–Kier alpha value is -1.26. The van der Waals surface area contributed by atoms with Crippen molar-refractivity contribution in [1.82, 2.24) is 0 Å². The molecular formula is C8H9NO3. The lowest BCUT2D eigenvalue weighted by atomic mass is 10.2. The summed E-state index contributed by atoms with van der Waals surface area (Å²) in [4.78, 5) is 4.49. The van der Waals surface area contributed by atoms with Gasteiger partial charge in [-0.3, -0.25) is 4.84 Å². The predicted octanol–water partition coefficient (Wildman–Crippen LogP) is 0.806. The van der Waals surface area contributed by atoms with Gasteiger partial charge in [-0.15, -0.1) is 0 Å². The van der Waals surface area contributed by atoms with Crippen LogP contribution in [-0.4, -0.2) is 6.79 Å². The number of hydrogen-bond acceptors (Lipinski definition) is 4. The molecule has 0 radical (unpaired) electrons. The Labute approximate surface area is 69.8 Å². The van der Waals surface area contributed by atoms with E-state index >= 15 is 0 Å². The van der Waals surface area contributed by atoms with Crippen LogP contribution in [0, 0.1) is 0 Å². The smallest absolute Gasteiger partial charge is 0.231 e. The molecule has 0 spiro atoms. The summed E-state index contributed by atoms with van der Waals surface area (Å²) in [7, 11) is 0. The Kier molecular flexibility index (Phi) is 1.85. The van der Waals surface area contributed by atoms with Crippen LogP contribution in [0.15, 0.2) is 18.2 Å². The Balaban J connectivity index is 2.26. The highest BCUT2D eigenvalue weighted by molar-refractivity contribution is 5.44. The average molecular weight is 167 g/mol. The fraction of sp³-hybridized carbons (Fsp3) is 0.250. The quantitative estimate of drug-likeness (QED) is 0.662. The molecule has 4 heteroatoms. The van der Waals surface area contributed by atoms with E-state index in [4.69, 9.17) is 15.4 Å². The molecule has 1 aromatic carbocycles. The molecule has 0 aromatic heterocycles. The summed E-state index contributed by atoms with van der Waals surface area (Å²) in [5, 5.41) is 0. The van der Waals surface area contributed by atoms with Crippen molar-refractivity contribution in [2.24, 2.45) is 5.90 Å². The number of rotatable bonds is 2. The van der Waals surface area contributed by atoms with Gasteiger partial charge in [0.25, 0.3) is 0 Å². The van der Waals surface area contributed by atoms with Crippen molar-refractivity contribution in [1.29, 1.82) is 0 Å². The van der Waals surface area contributed by atoms with E-state index in [1.165, 1.54) is 0 Å².